The van der Waals surface area contributed by atoms with Gasteiger partial charge in [0.05, 0.1) is 17.2 Å². The fourth-order valence-electron chi connectivity index (χ4n) is 2.35. The summed E-state index contributed by atoms with van der Waals surface area (Å²) in [6, 6.07) is 5.44. The smallest absolute Gasteiger partial charge is 0.382 e. The molecule has 3 nitrogen and oxygen atoms in total. The minimum absolute atomic E-state index is 0.0197. The molecule has 20 heavy (non-hydrogen) atoms. The fraction of sp³-hybridized carbons (Fsp3) is 0.500. The van der Waals surface area contributed by atoms with Gasteiger partial charge in [-0.2, -0.15) is 18.4 Å². The zero-order valence-corrected chi connectivity index (χ0v) is 11.2. The summed E-state index contributed by atoms with van der Waals surface area (Å²) in [4.78, 5) is 2.15. The minimum atomic E-state index is -4.46. The molecular weight excluding hydrogens is 267 g/mol. The van der Waals surface area contributed by atoms with Crippen LogP contribution in [0.4, 0.5) is 18.9 Å². The number of rotatable bonds is 2. The van der Waals surface area contributed by atoms with E-state index in [0.29, 0.717) is 0 Å². The van der Waals surface area contributed by atoms with Gasteiger partial charge in [0.15, 0.2) is 0 Å². The molecule has 0 saturated carbocycles. The number of hydrogen-bond acceptors (Lipinski definition) is 3. The lowest BCUT2D eigenvalue weighted by atomic mass is 10.0. The molecule has 0 bridgehead atoms. The van der Waals surface area contributed by atoms with Crippen LogP contribution in [0.1, 0.15) is 24.0 Å². The van der Waals surface area contributed by atoms with Gasteiger partial charge in [0, 0.05) is 11.7 Å². The van der Waals surface area contributed by atoms with Gasteiger partial charge in [-0.05, 0) is 51.2 Å². The lowest BCUT2D eigenvalue weighted by Gasteiger charge is -2.31. The van der Waals surface area contributed by atoms with E-state index in [-0.39, 0.29) is 17.3 Å². The second-order valence-electron chi connectivity index (χ2n) is 5.09. The molecule has 0 radical (unpaired) electrons. The number of halogens is 3. The van der Waals surface area contributed by atoms with E-state index in [2.05, 4.69) is 10.2 Å². The summed E-state index contributed by atoms with van der Waals surface area (Å²) in [5.41, 5.74) is -0.687. The molecule has 1 heterocycles. The lowest BCUT2D eigenvalue weighted by molar-refractivity contribution is -0.137. The van der Waals surface area contributed by atoms with Crippen LogP contribution < -0.4 is 5.32 Å². The maximum atomic E-state index is 13.0. The van der Waals surface area contributed by atoms with E-state index >= 15 is 0 Å². The number of likely N-dealkylation sites (tertiary alicyclic amines) is 1. The van der Waals surface area contributed by atoms with Crippen molar-refractivity contribution in [3.8, 4) is 6.07 Å². The van der Waals surface area contributed by atoms with E-state index in [4.69, 9.17) is 5.26 Å². The van der Waals surface area contributed by atoms with Crippen molar-refractivity contribution in [1.82, 2.24) is 4.90 Å². The van der Waals surface area contributed by atoms with Gasteiger partial charge in [0.1, 0.15) is 0 Å². The standard InChI is InChI=1S/C14H16F3N3/c1-20-6-4-11(5-7-20)19-13-3-2-10(9-18)8-12(13)14(15,16)17/h2-3,8,11,19H,4-7H2,1H3. The predicted octanol–water partition coefficient (Wildman–Crippen LogP) is 3.08. The third kappa shape index (κ3) is 3.42. The molecule has 0 amide bonds. The zero-order chi connectivity index (χ0) is 14.8. The molecule has 1 aliphatic rings. The molecule has 0 aliphatic carbocycles. The average Bonchev–Trinajstić information content (AvgIpc) is 2.40. The number of piperidine rings is 1. The monoisotopic (exact) mass is 283 g/mol. The molecule has 0 unspecified atom stereocenters. The van der Waals surface area contributed by atoms with E-state index in [1.807, 2.05) is 7.05 Å². The highest BCUT2D eigenvalue weighted by atomic mass is 19.4. The minimum Gasteiger partial charge on any atom is -0.382 e. The Hall–Kier alpha value is -1.74. The maximum absolute atomic E-state index is 13.0. The molecule has 1 aromatic rings. The van der Waals surface area contributed by atoms with E-state index in [0.717, 1.165) is 32.0 Å². The summed E-state index contributed by atoms with van der Waals surface area (Å²) in [5, 5.41) is 11.7. The van der Waals surface area contributed by atoms with Crippen LogP contribution in [0, 0.1) is 11.3 Å². The summed E-state index contributed by atoms with van der Waals surface area (Å²) in [5.74, 6) is 0. The number of hydrogen-bond donors (Lipinski definition) is 1. The summed E-state index contributed by atoms with van der Waals surface area (Å²) < 4.78 is 39.1. The first-order valence-electron chi connectivity index (χ1n) is 6.46. The molecule has 1 N–H and O–H groups in total. The molecule has 1 aromatic carbocycles. The number of anilines is 1. The Morgan fingerprint density at radius 3 is 2.50 bits per heavy atom. The topological polar surface area (TPSA) is 39.1 Å². The molecule has 1 aliphatic heterocycles. The molecule has 1 fully saturated rings. The van der Waals surface area contributed by atoms with Crippen molar-refractivity contribution in [3.05, 3.63) is 29.3 Å². The van der Waals surface area contributed by atoms with Crippen molar-refractivity contribution < 1.29 is 13.2 Å². The second kappa shape index (κ2) is 5.71. The summed E-state index contributed by atoms with van der Waals surface area (Å²) in [6.07, 6.45) is -2.83. The first-order chi connectivity index (χ1) is 9.40. The molecule has 108 valence electrons. The largest absolute Gasteiger partial charge is 0.418 e. The Balaban J connectivity index is 2.21. The first-order valence-corrected chi connectivity index (χ1v) is 6.46. The zero-order valence-electron chi connectivity index (χ0n) is 11.2. The van der Waals surface area contributed by atoms with Gasteiger partial charge in [0.25, 0.3) is 0 Å². The second-order valence-corrected chi connectivity index (χ2v) is 5.09. The number of nitrogens with zero attached hydrogens (tertiary/aromatic N) is 2. The normalized spacial score (nSPS) is 17.8. The van der Waals surface area contributed by atoms with E-state index in [1.54, 1.807) is 6.07 Å². The van der Waals surface area contributed by atoms with E-state index < -0.39 is 11.7 Å². The van der Waals surface area contributed by atoms with Gasteiger partial charge in [-0.1, -0.05) is 0 Å². The van der Waals surface area contributed by atoms with Gasteiger partial charge in [-0.25, -0.2) is 0 Å². The number of nitrogens with one attached hydrogen (secondary N) is 1. The highest BCUT2D eigenvalue weighted by Gasteiger charge is 2.34. The summed E-state index contributed by atoms with van der Waals surface area (Å²) in [6.45, 7) is 1.74. The Morgan fingerprint density at radius 2 is 1.95 bits per heavy atom. The predicted molar refractivity (Wildman–Crippen MR) is 70.3 cm³/mol. The first kappa shape index (κ1) is 14.7. The molecule has 6 heteroatoms. The van der Waals surface area contributed by atoms with Gasteiger partial charge in [0.2, 0.25) is 0 Å². The van der Waals surface area contributed by atoms with Gasteiger partial charge in [-0.3, -0.25) is 0 Å². The lowest BCUT2D eigenvalue weighted by Crippen LogP contribution is -2.37. The number of benzene rings is 1. The molecule has 0 aromatic heterocycles. The number of alkyl halides is 3. The van der Waals surface area contributed by atoms with Crippen molar-refractivity contribution in [2.45, 2.75) is 25.1 Å². The van der Waals surface area contributed by atoms with E-state index in [1.165, 1.54) is 12.1 Å². The Kier molecular flexibility index (Phi) is 4.19. The van der Waals surface area contributed by atoms with Crippen LogP contribution in [-0.2, 0) is 6.18 Å². The van der Waals surface area contributed by atoms with Crippen molar-refractivity contribution in [2.75, 3.05) is 25.5 Å². The van der Waals surface area contributed by atoms with E-state index in [9.17, 15) is 13.2 Å². The fourth-order valence-corrected chi connectivity index (χ4v) is 2.35. The van der Waals surface area contributed by atoms with Crippen molar-refractivity contribution in [1.29, 1.82) is 5.26 Å². The van der Waals surface area contributed by atoms with Crippen LogP contribution in [0.25, 0.3) is 0 Å². The summed E-state index contributed by atoms with van der Waals surface area (Å²) >= 11 is 0. The third-order valence-corrected chi connectivity index (χ3v) is 3.53. The van der Waals surface area contributed by atoms with Crippen LogP contribution in [0.2, 0.25) is 0 Å². The van der Waals surface area contributed by atoms with Gasteiger partial charge < -0.3 is 10.2 Å². The number of nitriles is 1. The Bertz CT molecular complexity index is 511. The molecule has 0 atom stereocenters. The Labute approximate surface area is 116 Å². The SMILES string of the molecule is CN1CCC(Nc2ccc(C#N)cc2C(F)(F)F)CC1. The van der Waals surface area contributed by atoms with Crippen LogP contribution >= 0.6 is 0 Å². The highest BCUT2D eigenvalue weighted by molar-refractivity contribution is 5.56. The van der Waals surface area contributed by atoms with Crippen LogP contribution in [0.3, 0.4) is 0 Å². The van der Waals surface area contributed by atoms with Crippen LogP contribution in [0.15, 0.2) is 18.2 Å². The Morgan fingerprint density at radius 1 is 1.30 bits per heavy atom. The quantitative estimate of drug-likeness (QED) is 0.906. The van der Waals surface area contributed by atoms with Crippen LogP contribution in [-0.4, -0.2) is 31.1 Å². The average molecular weight is 283 g/mol. The third-order valence-electron chi connectivity index (χ3n) is 3.53. The summed E-state index contributed by atoms with van der Waals surface area (Å²) in [7, 11) is 2.00. The molecule has 2 rings (SSSR count). The highest BCUT2D eigenvalue weighted by Crippen LogP contribution is 2.36. The van der Waals surface area contributed by atoms with Crippen molar-refractivity contribution in [3.63, 3.8) is 0 Å². The van der Waals surface area contributed by atoms with Gasteiger partial charge >= 0.3 is 6.18 Å². The molecular formula is C14H16F3N3. The molecule has 1 saturated heterocycles. The maximum Gasteiger partial charge on any atom is 0.418 e. The van der Waals surface area contributed by atoms with Crippen LogP contribution in [0.5, 0.6) is 0 Å². The molecule has 0 spiro atoms. The van der Waals surface area contributed by atoms with Crippen molar-refractivity contribution >= 4 is 5.69 Å². The van der Waals surface area contributed by atoms with Crippen molar-refractivity contribution in [2.24, 2.45) is 0 Å². The van der Waals surface area contributed by atoms with Gasteiger partial charge in [-0.15, -0.1) is 0 Å².